The minimum atomic E-state index is -0.792. The number of carbonyl (C=O) groups excluding carboxylic acids is 1. The number of amides is 1. The molecule has 0 spiro atoms. The highest BCUT2D eigenvalue weighted by Crippen LogP contribution is 2.27. The first-order valence-corrected chi connectivity index (χ1v) is 6.81. The van der Waals surface area contributed by atoms with Crippen LogP contribution in [-0.2, 0) is 9.53 Å². The molecule has 1 aliphatic heterocycles. The van der Waals surface area contributed by atoms with Crippen LogP contribution in [0.15, 0.2) is 16.6 Å². The summed E-state index contributed by atoms with van der Waals surface area (Å²) in [5.74, 6) is -2.19. The molecule has 0 aliphatic carbocycles. The Bertz CT molecular complexity index is 473. The Labute approximate surface area is 118 Å². The molecule has 1 aromatic carbocycles. The van der Waals surface area contributed by atoms with E-state index in [0.29, 0.717) is 24.1 Å². The number of anilines is 1. The lowest BCUT2D eigenvalue weighted by atomic mass is 9.89. The molecule has 0 bridgehead atoms. The van der Waals surface area contributed by atoms with Crippen LogP contribution in [0.1, 0.15) is 13.3 Å². The number of benzene rings is 1. The van der Waals surface area contributed by atoms with E-state index in [1.807, 2.05) is 6.92 Å². The molecule has 1 amide bonds. The smallest absolute Gasteiger partial charge is 0.228 e. The quantitative estimate of drug-likeness (QED) is 0.901. The fraction of sp³-hybridized carbons (Fsp3) is 0.462. The van der Waals surface area contributed by atoms with Gasteiger partial charge in [0.15, 0.2) is 11.6 Å². The summed E-state index contributed by atoms with van der Waals surface area (Å²) < 4.78 is 32.8. The van der Waals surface area contributed by atoms with Crippen LogP contribution in [0.2, 0.25) is 0 Å². The molecule has 1 heterocycles. The van der Waals surface area contributed by atoms with Gasteiger partial charge in [-0.3, -0.25) is 4.79 Å². The number of nitrogens with one attached hydrogen (secondary N) is 1. The van der Waals surface area contributed by atoms with Gasteiger partial charge in [0.1, 0.15) is 5.69 Å². The molecule has 1 fully saturated rings. The van der Waals surface area contributed by atoms with Crippen LogP contribution in [0.3, 0.4) is 0 Å². The van der Waals surface area contributed by atoms with Gasteiger partial charge < -0.3 is 10.1 Å². The van der Waals surface area contributed by atoms with Crippen molar-refractivity contribution in [2.45, 2.75) is 13.3 Å². The van der Waals surface area contributed by atoms with E-state index in [1.165, 1.54) is 0 Å². The number of carbonyl (C=O) groups is 1. The Morgan fingerprint density at radius 2 is 2.05 bits per heavy atom. The van der Waals surface area contributed by atoms with Gasteiger partial charge in [-0.1, -0.05) is 22.9 Å². The van der Waals surface area contributed by atoms with Crippen molar-refractivity contribution in [3.05, 3.63) is 28.2 Å². The normalized spacial score (nSPS) is 23.2. The second-order valence-corrected chi connectivity index (χ2v) is 5.60. The van der Waals surface area contributed by atoms with Gasteiger partial charge in [-0.05, 0) is 24.5 Å². The molecule has 0 aromatic heterocycles. The predicted molar refractivity (Wildman–Crippen MR) is 70.8 cm³/mol. The summed E-state index contributed by atoms with van der Waals surface area (Å²) in [5.41, 5.74) is -0.396. The number of rotatable bonds is 2. The maximum atomic E-state index is 13.6. The van der Waals surface area contributed by atoms with Gasteiger partial charge in [-0.25, -0.2) is 8.78 Å². The van der Waals surface area contributed by atoms with Crippen molar-refractivity contribution in [3.8, 4) is 0 Å². The van der Waals surface area contributed by atoms with Crippen LogP contribution < -0.4 is 5.32 Å². The lowest BCUT2D eigenvalue weighted by Gasteiger charge is -2.27. The Balaban J connectivity index is 2.14. The first kappa shape index (κ1) is 14.4. The first-order valence-electron chi connectivity index (χ1n) is 6.02. The summed E-state index contributed by atoms with van der Waals surface area (Å²) in [7, 11) is 0. The first-order chi connectivity index (χ1) is 8.99. The van der Waals surface area contributed by atoms with Crippen LogP contribution >= 0.6 is 15.9 Å². The molecular weight excluding hydrogens is 320 g/mol. The minimum Gasteiger partial charge on any atom is -0.381 e. The SMILES string of the molecule is CC1COCCC1C(=O)Nc1c(F)cc(Br)cc1F. The van der Waals surface area contributed by atoms with Gasteiger partial charge in [-0.2, -0.15) is 0 Å². The third kappa shape index (κ3) is 3.30. The van der Waals surface area contributed by atoms with E-state index in [-0.39, 0.29) is 17.7 Å². The molecular formula is C13H14BrF2NO2. The van der Waals surface area contributed by atoms with E-state index >= 15 is 0 Å². The minimum absolute atomic E-state index is 0.0373. The Morgan fingerprint density at radius 1 is 1.42 bits per heavy atom. The summed E-state index contributed by atoms with van der Waals surface area (Å²) in [4.78, 5) is 12.1. The van der Waals surface area contributed by atoms with Crippen LogP contribution in [0, 0.1) is 23.5 Å². The van der Waals surface area contributed by atoms with Crippen LogP contribution in [0.4, 0.5) is 14.5 Å². The van der Waals surface area contributed by atoms with Crippen molar-refractivity contribution >= 4 is 27.5 Å². The molecule has 1 aliphatic rings. The molecule has 6 heteroatoms. The number of ether oxygens (including phenoxy) is 1. The number of hydrogen-bond acceptors (Lipinski definition) is 2. The van der Waals surface area contributed by atoms with Gasteiger partial charge in [-0.15, -0.1) is 0 Å². The molecule has 104 valence electrons. The van der Waals surface area contributed by atoms with E-state index in [9.17, 15) is 13.6 Å². The molecule has 1 aromatic rings. The summed E-state index contributed by atoms with van der Waals surface area (Å²) in [6.45, 7) is 2.87. The van der Waals surface area contributed by atoms with Crippen molar-refractivity contribution in [1.82, 2.24) is 0 Å². The second kappa shape index (κ2) is 5.96. The van der Waals surface area contributed by atoms with Gasteiger partial charge in [0, 0.05) is 23.6 Å². The third-order valence-electron chi connectivity index (χ3n) is 3.23. The summed E-state index contributed by atoms with van der Waals surface area (Å²) >= 11 is 2.99. The van der Waals surface area contributed by atoms with E-state index < -0.39 is 17.3 Å². The Kier molecular flexibility index (Phi) is 4.52. The largest absolute Gasteiger partial charge is 0.381 e. The lowest BCUT2D eigenvalue weighted by Crippen LogP contribution is -2.35. The average Bonchev–Trinajstić information content (AvgIpc) is 2.34. The van der Waals surface area contributed by atoms with Crippen LogP contribution in [0.5, 0.6) is 0 Å². The fourth-order valence-electron chi connectivity index (χ4n) is 2.15. The lowest BCUT2D eigenvalue weighted by molar-refractivity contribution is -0.125. The summed E-state index contributed by atoms with van der Waals surface area (Å²) in [6.07, 6.45) is 0.562. The molecule has 2 atom stereocenters. The highest BCUT2D eigenvalue weighted by atomic mass is 79.9. The Morgan fingerprint density at radius 3 is 2.63 bits per heavy atom. The van der Waals surface area contributed by atoms with E-state index in [0.717, 1.165) is 12.1 Å². The van der Waals surface area contributed by atoms with Crippen molar-refractivity contribution in [2.24, 2.45) is 11.8 Å². The van der Waals surface area contributed by atoms with Gasteiger partial charge >= 0.3 is 0 Å². The second-order valence-electron chi connectivity index (χ2n) is 4.68. The molecule has 0 radical (unpaired) electrons. The topological polar surface area (TPSA) is 38.3 Å². The van der Waals surface area contributed by atoms with E-state index in [2.05, 4.69) is 21.2 Å². The highest BCUT2D eigenvalue weighted by molar-refractivity contribution is 9.10. The highest BCUT2D eigenvalue weighted by Gasteiger charge is 2.29. The van der Waals surface area contributed by atoms with Gasteiger partial charge in [0.2, 0.25) is 5.91 Å². The maximum Gasteiger partial charge on any atom is 0.228 e. The summed E-state index contributed by atoms with van der Waals surface area (Å²) in [5, 5.41) is 2.34. The zero-order valence-electron chi connectivity index (χ0n) is 10.4. The standard InChI is InChI=1S/C13H14BrF2NO2/c1-7-6-19-3-2-9(7)13(18)17-12-10(15)4-8(14)5-11(12)16/h4-5,7,9H,2-3,6H2,1H3,(H,17,18). The van der Waals surface area contributed by atoms with Crippen LogP contribution in [0.25, 0.3) is 0 Å². The fourth-order valence-corrected chi connectivity index (χ4v) is 2.55. The molecule has 19 heavy (non-hydrogen) atoms. The van der Waals surface area contributed by atoms with Gasteiger partial charge in [0.05, 0.1) is 0 Å². The molecule has 1 N–H and O–H groups in total. The molecule has 2 unspecified atom stereocenters. The van der Waals surface area contributed by atoms with Crippen molar-refractivity contribution in [3.63, 3.8) is 0 Å². The zero-order chi connectivity index (χ0) is 14.0. The molecule has 0 saturated carbocycles. The monoisotopic (exact) mass is 333 g/mol. The third-order valence-corrected chi connectivity index (χ3v) is 3.69. The van der Waals surface area contributed by atoms with Crippen molar-refractivity contribution in [1.29, 1.82) is 0 Å². The number of halogens is 3. The van der Waals surface area contributed by atoms with Crippen molar-refractivity contribution in [2.75, 3.05) is 18.5 Å². The maximum absolute atomic E-state index is 13.6. The van der Waals surface area contributed by atoms with E-state index in [1.54, 1.807) is 0 Å². The average molecular weight is 334 g/mol. The molecule has 1 saturated heterocycles. The zero-order valence-corrected chi connectivity index (χ0v) is 12.0. The van der Waals surface area contributed by atoms with E-state index in [4.69, 9.17) is 4.74 Å². The molecule has 2 rings (SSSR count). The predicted octanol–water partition coefficient (Wildman–Crippen LogP) is 3.34. The van der Waals surface area contributed by atoms with Crippen LogP contribution in [-0.4, -0.2) is 19.1 Å². The van der Waals surface area contributed by atoms with Gasteiger partial charge in [0.25, 0.3) is 0 Å². The Hall–Kier alpha value is -1.01. The van der Waals surface area contributed by atoms with Crippen molar-refractivity contribution < 1.29 is 18.3 Å². The summed E-state index contributed by atoms with van der Waals surface area (Å²) in [6, 6.07) is 2.23. The molecule has 3 nitrogen and oxygen atoms in total. The number of hydrogen-bond donors (Lipinski definition) is 1.